The van der Waals surface area contributed by atoms with E-state index in [1.807, 2.05) is 0 Å². The summed E-state index contributed by atoms with van der Waals surface area (Å²) in [5.74, 6) is 0.268. The van der Waals surface area contributed by atoms with Gasteiger partial charge in [0.1, 0.15) is 17.1 Å². The van der Waals surface area contributed by atoms with Crippen LogP contribution in [0.3, 0.4) is 0 Å². The van der Waals surface area contributed by atoms with Crippen LogP contribution < -0.4 is 10.4 Å². The average molecular weight is 262 g/mol. The summed E-state index contributed by atoms with van der Waals surface area (Å²) in [4.78, 5) is 22.2. The third kappa shape index (κ3) is 2.82. The SMILES string of the molecule is COc1cc2oc(=O)ccc2cc1[C@H](O)CC(C)=O. The minimum atomic E-state index is -0.941. The summed E-state index contributed by atoms with van der Waals surface area (Å²) in [5, 5.41) is 10.7. The molecular formula is C14H14O5. The number of benzene rings is 1. The Morgan fingerprint density at radius 2 is 2.16 bits per heavy atom. The number of carbonyl (C=O) groups excluding carboxylic acids is 1. The maximum absolute atomic E-state index is 11.1. The summed E-state index contributed by atoms with van der Waals surface area (Å²) in [5.41, 5.74) is 0.425. The molecule has 1 aromatic carbocycles. The second-order valence-electron chi connectivity index (χ2n) is 4.31. The lowest BCUT2D eigenvalue weighted by Gasteiger charge is -2.14. The third-order valence-electron chi connectivity index (χ3n) is 2.81. The number of ether oxygens (including phenoxy) is 1. The van der Waals surface area contributed by atoms with Gasteiger partial charge in [0.15, 0.2) is 0 Å². The summed E-state index contributed by atoms with van der Waals surface area (Å²) < 4.78 is 10.2. The van der Waals surface area contributed by atoms with Crippen LogP contribution >= 0.6 is 0 Å². The molecule has 0 aliphatic heterocycles. The van der Waals surface area contributed by atoms with E-state index in [2.05, 4.69) is 0 Å². The second kappa shape index (κ2) is 5.24. The van der Waals surface area contributed by atoms with Crippen LogP contribution in [0.1, 0.15) is 25.0 Å². The van der Waals surface area contributed by atoms with Gasteiger partial charge in [0.05, 0.1) is 13.2 Å². The van der Waals surface area contributed by atoms with Crippen molar-refractivity contribution in [3.8, 4) is 5.75 Å². The topological polar surface area (TPSA) is 76.7 Å². The molecule has 1 N–H and O–H groups in total. The third-order valence-corrected chi connectivity index (χ3v) is 2.81. The Balaban J connectivity index is 2.56. The molecular weight excluding hydrogens is 248 g/mol. The summed E-state index contributed by atoms with van der Waals surface area (Å²) in [6.07, 6.45) is -0.928. The van der Waals surface area contributed by atoms with Crippen molar-refractivity contribution in [2.45, 2.75) is 19.4 Å². The largest absolute Gasteiger partial charge is 0.496 e. The molecule has 0 unspecified atom stereocenters. The first-order valence-corrected chi connectivity index (χ1v) is 5.80. The van der Waals surface area contributed by atoms with Crippen LogP contribution in [0.5, 0.6) is 5.75 Å². The van der Waals surface area contributed by atoms with Crippen LogP contribution in [-0.4, -0.2) is 18.0 Å². The highest BCUT2D eigenvalue weighted by Crippen LogP contribution is 2.31. The predicted molar refractivity (Wildman–Crippen MR) is 69.3 cm³/mol. The molecule has 0 saturated carbocycles. The number of fused-ring (bicyclic) bond motifs is 1. The van der Waals surface area contributed by atoms with Crippen LogP contribution in [-0.2, 0) is 4.79 Å². The standard InChI is InChI=1S/C14H14O5/c1-8(15)5-11(16)10-6-9-3-4-14(17)19-12(9)7-13(10)18-2/h3-4,6-7,11,16H,5H2,1-2H3/t11-/m1/s1. The first-order chi connectivity index (χ1) is 9.01. The van der Waals surface area contributed by atoms with Crippen molar-refractivity contribution in [3.05, 3.63) is 40.2 Å². The molecule has 19 heavy (non-hydrogen) atoms. The monoisotopic (exact) mass is 262 g/mol. The van der Waals surface area contributed by atoms with Gasteiger partial charge in [-0.25, -0.2) is 4.79 Å². The number of ketones is 1. The average Bonchev–Trinajstić information content (AvgIpc) is 2.36. The highest BCUT2D eigenvalue weighted by molar-refractivity contribution is 5.80. The van der Waals surface area contributed by atoms with Crippen LogP contribution in [0.15, 0.2) is 33.5 Å². The predicted octanol–water partition coefficient (Wildman–Crippen LogP) is 1.81. The maximum Gasteiger partial charge on any atom is 0.336 e. The van der Waals surface area contributed by atoms with Crippen molar-refractivity contribution >= 4 is 16.8 Å². The maximum atomic E-state index is 11.1. The van der Waals surface area contributed by atoms with Gasteiger partial charge in [-0.1, -0.05) is 0 Å². The second-order valence-corrected chi connectivity index (χ2v) is 4.31. The molecule has 0 bridgehead atoms. The molecule has 1 aromatic heterocycles. The van der Waals surface area contributed by atoms with Gasteiger partial charge in [0.2, 0.25) is 0 Å². The van der Waals surface area contributed by atoms with E-state index in [1.54, 1.807) is 12.1 Å². The molecule has 100 valence electrons. The zero-order valence-corrected chi connectivity index (χ0v) is 10.7. The highest BCUT2D eigenvalue weighted by atomic mass is 16.5. The van der Waals surface area contributed by atoms with E-state index < -0.39 is 11.7 Å². The minimum absolute atomic E-state index is 0.0125. The van der Waals surface area contributed by atoms with Crippen molar-refractivity contribution < 1.29 is 19.1 Å². The summed E-state index contributed by atoms with van der Waals surface area (Å²) in [6, 6.07) is 6.10. The normalized spacial score (nSPS) is 12.4. The molecule has 0 spiro atoms. The van der Waals surface area contributed by atoms with Crippen LogP contribution in [0, 0.1) is 0 Å². The lowest BCUT2D eigenvalue weighted by molar-refractivity contribution is -0.118. The van der Waals surface area contributed by atoms with Gasteiger partial charge in [-0.2, -0.15) is 0 Å². The van der Waals surface area contributed by atoms with E-state index in [4.69, 9.17) is 9.15 Å². The van der Waals surface area contributed by atoms with Crippen molar-refractivity contribution in [3.63, 3.8) is 0 Å². The molecule has 0 radical (unpaired) electrons. The fourth-order valence-electron chi connectivity index (χ4n) is 1.93. The van der Waals surface area contributed by atoms with Crippen molar-refractivity contribution in [1.82, 2.24) is 0 Å². The van der Waals surface area contributed by atoms with Gasteiger partial charge < -0.3 is 14.3 Å². The van der Waals surface area contributed by atoms with Gasteiger partial charge in [-0.05, 0) is 19.1 Å². The number of hydrogen-bond donors (Lipinski definition) is 1. The van der Waals surface area contributed by atoms with Gasteiger partial charge in [-0.15, -0.1) is 0 Å². The van der Waals surface area contributed by atoms with Crippen molar-refractivity contribution in [1.29, 1.82) is 0 Å². The number of Topliss-reactive ketones (excluding diaryl/α,β-unsaturated/α-hetero) is 1. The number of hydrogen-bond acceptors (Lipinski definition) is 5. The summed E-state index contributed by atoms with van der Waals surface area (Å²) in [6.45, 7) is 1.41. The number of carbonyl (C=O) groups is 1. The minimum Gasteiger partial charge on any atom is -0.496 e. The number of aliphatic hydroxyl groups excluding tert-OH is 1. The Morgan fingerprint density at radius 3 is 2.79 bits per heavy atom. The lowest BCUT2D eigenvalue weighted by Crippen LogP contribution is -2.06. The van der Waals surface area contributed by atoms with Crippen LogP contribution in [0.4, 0.5) is 0 Å². The number of aliphatic hydroxyl groups is 1. The zero-order valence-electron chi connectivity index (χ0n) is 10.7. The number of methoxy groups -OCH3 is 1. The fraction of sp³-hybridized carbons (Fsp3) is 0.286. The van der Waals surface area contributed by atoms with Crippen molar-refractivity contribution in [2.75, 3.05) is 7.11 Å². The summed E-state index contributed by atoms with van der Waals surface area (Å²) in [7, 11) is 1.45. The molecule has 1 heterocycles. The molecule has 0 saturated heterocycles. The Hall–Kier alpha value is -2.14. The van der Waals surface area contributed by atoms with E-state index in [0.29, 0.717) is 22.3 Å². The molecule has 0 amide bonds. The lowest BCUT2D eigenvalue weighted by atomic mass is 10.0. The molecule has 0 aliphatic rings. The van der Waals surface area contributed by atoms with Crippen LogP contribution in [0.2, 0.25) is 0 Å². The molecule has 5 nitrogen and oxygen atoms in total. The van der Waals surface area contributed by atoms with Gasteiger partial charge in [-0.3, -0.25) is 4.79 Å². The molecule has 2 rings (SSSR count). The van der Waals surface area contributed by atoms with Gasteiger partial charge in [0.25, 0.3) is 0 Å². The first-order valence-electron chi connectivity index (χ1n) is 5.80. The Bertz CT molecular complexity index is 671. The smallest absolute Gasteiger partial charge is 0.336 e. The van der Waals surface area contributed by atoms with E-state index >= 15 is 0 Å². The zero-order chi connectivity index (χ0) is 14.0. The quantitative estimate of drug-likeness (QED) is 0.850. The fourth-order valence-corrected chi connectivity index (χ4v) is 1.93. The van der Waals surface area contributed by atoms with Crippen molar-refractivity contribution in [2.24, 2.45) is 0 Å². The van der Waals surface area contributed by atoms with Gasteiger partial charge in [0, 0.05) is 29.5 Å². The molecule has 0 aliphatic carbocycles. The molecule has 0 fully saturated rings. The Kier molecular flexibility index (Phi) is 3.66. The molecule has 5 heteroatoms. The molecule has 1 atom stereocenters. The first kappa shape index (κ1) is 13.3. The van der Waals surface area contributed by atoms with E-state index in [9.17, 15) is 14.7 Å². The summed E-state index contributed by atoms with van der Waals surface area (Å²) >= 11 is 0. The molecule has 2 aromatic rings. The highest BCUT2D eigenvalue weighted by Gasteiger charge is 2.17. The number of rotatable bonds is 4. The van der Waals surface area contributed by atoms with Crippen LogP contribution in [0.25, 0.3) is 11.0 Å². The Morgan fingerprint density at radius 1 is 1.42 bits per heavy atom. The van der Waals surface area contributed by atoms with E-state index in [0.717, 1.165) is 0 Å². The van der Waals surface area contributed by atoms with E-state index in [1.165, 1.54) is 26.2 Å². The van der Waals surface area contributed by atoms with E-state index in [-0.39, 0.29) is 12.2 Å². The van der Waals surface area contributed by atoms with Gasteiger partial charge >= 0.3 is 5.63 Å². The Labute approximate surface area is 109 Å².